The lowest BCUT2D eigenvalue weighted by atomic mass is 10.1. The molecule has 3 heteroatoms. The van der Waals surface area contributed by atoms with Crippen molar-refractivity contribution in [3.8, 4) is 6.07 Å². The van der Waals surface area contributed by atoms with Crippen molar-refractivity contribution in [1.82, 2.24) is 4.90 Å². The highest BCUT2D eigenvalue weighted by atomic mass is 16.2. The van der Waals surface area contributed by atoms with Crippen molar-refractivity contribution in [2.45, 2.75) is 6.42 Å². The number of amides is 1. The number of likely N-dealkylation sites (tertiary alicyclic amines) is 1. The highest BCUT2D eigenvalue weighted by Gasteiger charge is 2.67. The van der Waals surface area contributed by atoms with Crippen LogP contribution >= 0.6 is 0 Å². The maximum atomic E-state index is 11.5. The van der Waals surface area contributed by atoms with Gasteiger partial charge in [0.15, 0.2) is 0 Å². The fraction of sp³-hybridized carbons (Fsp3) is 0.556. The fourth-order valence-electron chi connectivity index (χ4n) is 1.94. The molecule has 2 atom stereocenters. The van der Waals surface area contributed by atoms with Crippen molar-refractivity contribution in [1.29, 1.82) is 5.26 Å². The fourth-order valence-corrected chi connectivity index (χ4v) is 1.94. The highest BCUT2D eigenvalue weighted by Crippen LogP contribution is 2.57. The standard InChI is InChI=1S/C9H10N2O/c1-2-3-11-5-7-4-9(7,6-10)8(11)12/h2,7H,1,3-5H2/t7-,9+/m1/s1. The maximum Gasteiger partial charge on any atom is 0.243 e. The van der Waals surface area contributed by atoms with Gasteiger partial charge in [-0.25, -0.2) is 0 Å². The number of piperidine rings is 1. The Morgan fingerprint density at radius 2 is 2.67 bits per heavy atom. The molecule has 0 aromatic heterocycles. The lowest BCUT2D eigenvalue weighted by Crippen LogP contribution is -2.31. The smallest absolute Gasteiger partial charge is 0.243 e. The molecule has 62 valence electrons. The molecule has 0 aromatic rings. The molecule has 12 heavy (non-hydrogen) atoms. The summed E-state index contributed by atoms with van der Waals surface area (Å²) in [5.41, 5.74) is -0.622. The quantitative estimate of drug-likeness (QED) is 0.556. The summed E-state index contributed by atoms with van der Waals surface area (Å²) in [6, 6.07) is 2.13. The largest absolute Gasteiger partial charge is 0.337 e. The Morgan fingerprint density at radius 3 is 3.17 bits per heavy atom. The van der Waals surface area contributed by atoms with Gasteiger partial charge in [-0.3, -0.25) is 4.79 Å². The molecule has 1 saturated heterocycles. The van der Waals surface area contributed by atoms with Crippen LogP contribution in [0, 0.1) is 22.7 Å². The maximum absolute atomic E-state index is 11.5. The summed E-state index contributed by atoms with van der Waals surface area (Å²) in [6.45, 7) is 4.90. The first-order valence-corrected chi connectivity index (χ1v) is 4.06. The van der Waals surface area contributed by atoms with Crippen LogP contribution in [0.3, 0.4) is 0 Å². The Labute approximate surface area is 71.3 Å². The molecule has 1 amide bonds. The molecule has 0 unspecified atom stereocenters. The first kappa shape index (κ1) is 7.35. The Kier molecular flexibility index (Phi) is 1.29. The van der Waals surface area contributed by atoms with Crippen molar-refractivity contribution in [2.24, 2.45) is 11.3 Å². The van der Waals surface area contributed by atoms with E-state index in [1.54, 1.807) is 11.0 Å². The first-order valence-electron chi connectivity index (χ1n) is 4.06. The average molecular weight is 162 g/mol. The van der Waals surface area contributed by atoms with Gasteiger partial charge in [-0.15, -0.1) is 6.58 Å². The zero-order chi connectivity index (χ0) is 8.77. The van der Waals surface area contributed by atoms with Gasteiger partial charge in [0.05, 0.1) is 6.07 Å². The molecular formula is C9H10N2O. The van der Waals surface area contributed by atoms with E-state index in [4.69, 9.17) is 5.26 Å². The van der Waals surface area contributed by atoms with E-state index in [2.05, 4.69) is 12.6 Å². The summed E-state index contributed by atoms with van der Waals surface area (Å²) < 4.78 is 0. The minimum atomic E-state index is -0.622. The van der Waals surface area contributed by atoms with E-state index in [-0.39, 0.29) is 5.91 Å². The van der Waals surface area contributed by atoms with Gasteiger partial charge in [-0.1, -0.05) is 6.08 Å². The van der Waals surface area contributed by atoms with Gasteiger partial charge in [0, 0.05) is 19.0 Å². The molecule has 2 rings (SSSR count). The Bertz CT molecular complexity index is 291. The van der Waals surface area contributed by atoms with Gasteiger partial charge in [0.25, 0.3) is 0 Å². The molecule has 1 aliphatic carbocycles. The molecular weight excluding hydrogens is 152 g/mol. The molecule has 0 aromatic carbocycles. The third kappa shape index (κ3) is 0.672. The lowest BCUT2D eigenvalue weighted by Gasteiger charge is -2.15. The second-order valence-electron chi connectivity index (χ2n) is 3.48. The Morgan fingerprint density at radius 1 is 1.92 bits per heavy atom. The van der Waals surface area contributed by atoms with Crippen LogP contribution in [0.4, 0.5) is 0 Å². The van der Waals surface area contributed by atoms with Crippen LogP contribution in [-0.2, 0) is 4.79 Å². The van der Waals surface area contributed by atoms with Crippen LogP contribution in [0.2, 0.25) is 0 Å². The number of nitrogens with zero attached hydrogens (tertiary/aromatic N) is 2. The molecule has 1 aliphatic heterocycles. The summed E-state index contributed by atoms with van der Waals surface area (Å²) in [7, 11) is 0. The summed E-state index contributed by atoms with van der Waals surface area (Å²) in [5.74, 6) is 0.310. The highest BCUT2D eigenvalue weighted by molar-refractivity contribution is 5.92. The van der Waals surface area contributed by atoms with Crippen LogP contribution in [0.15, 0.2) is 12.7 Å². The zero-order valence-electron chi connectivity index (χ0n) is 6.79. The van der Waals surface area contributed by atoms with Crippen molar-refractivity contribution < 1.29 is 4.79 Å². The van der Waals surface area contributed by atoms with E-state index in [1.807, 2.05) is 0 Å². The van der Waals surface area contributed by atoms with E-state index in [9.17, 15) is 4.79 Å². The summed E-state index contributed by atoms with van der Waals surface area (Å²) in [5, 5.41) is 8.80. The van der Waals surface area contributed by atoms with Crippen LogP contribution in [0.25, 0.3) is 0 Å². The van der Waals surface area contributed by atoms with Crippen LogP contribution in [0.5, 0.6) is 0 Å². The van der Waals surface area contributed by atoms with E-state index in [0.717, 1.165) is 13.0 Å². The van der Waals surface area contributed by atoms with Gasteiger partial charge in [-0.05, 0) is 6.42 Å². The topological polar surface area (TPSA) is 44.1 Å². The van der Waals surface area contributed by atoms with Crippen molar-refractivity contribution >= 4 is 5.91 Å². The molecule has 0 spiro atoms. The van der Waals surface area contributed by atoms with E-state index >= 15 is 0 Å². The summed E-state index contributed by atoms with van der Waals surface area (Å²) in [6.07, 6.45) is 2.48. The molecule has 0 N–H and O–H groups in total. The van der Waals surface area contributed by atoms with Crippen LogP contribution in [-0.4, -0.2) is 23.9 Å². The first-order chi connectivity index (χ1) is 5.74. The zero-order valence-corrected chi connectivity index (χ0v) is 6.79. The van der Waals surface area contributed by atoms with Gasteiger partial charge >= 0.3 is 0 Å². The molecule has 0 bridgehead atoms. The molecule has 1 saturated carbocycles. The van der Waals surface area contributed by atoms with E-state index < -0.39 is 5.41 Å². The number of hydrogen-bond acceptors (Lipinski definition) is 2. The van der Waals surface area contributed by atoms with E-state index in [0.29, 0.717) is 12.5 Å². The van der Waals surface area contributed by atoms with Crippen molar-refractivity contribution in [2.75, 3.05) is 13.1 Å². The number of carbonyl (C=O) groups is 1. The second-order valence-corrected chi connectivity index (χ2v) is 3.48. The van der Waals surface area contributed by atoms with E-state index in [1.165, 1.54) is 0 Å². The van der Waals surface area contributed by atoms with Gasteiger partial charge in [0.1, 0.15) is 5.41 Å². The SMILES string of the molecule is C=CCN1C[C@H]2C[C@@]2(C#N)C1=O. The molecule has 1 heterocycles. The minimum Gasteiger partial charge on any atom is -0.337 e. The molecule has 0 radical (unpaired) electrons. The third-order valence-electron chi connectivity index (χ3n) is 2.76. The number of hydrogen-bond donors (Lipinski definition) is 0. The third-order valence-corrected chi connectivity index (χ3v) is 2.76. The monoisotopic (exact) mass is 162 g/mol. The van der Waals surface area contributed by atoms with Crippen molar-refractivity contribution in [3.63, 3.8) is 0 Å². The Balaban J connectivity index is 2.16. The minimum absolute atomic E-state index is 0.00917. The van der Waals surface area contributed by atoms with Crippen molar-refractivity contribution in [3.05, 3.63) is 12.7 Å². The number of nitriles is 1. The van der Waals surface area contributed by atoms with Crippen LogP contribution < -0.4 is 0 Å². The predicted octanol–water partition coefficient (Wildman–Crippen LogP) is 0.544. The summed E-state index contributed by atoms with van der Waals surface area (Å²) in [4.78, 5) is 13.3. The van der Waals surface area contributed by atoms with Gasteiger partial charge in [-0.2, -0.15) is 5.26 Å². The molecule has 2 fully saturated rings. The van der Waals surface area contributed by atoms with Crippen LogP contribution in [0.1, 0.15) is 6.42 Å². The summed E-state index contributed by atoms with van der Waals surface area (Å²) >= 11 is 0. The average Bonchev–Trinajstić information content (AvgIpc) is 2.72. The number of fused-ring (bicyclic) bond motifs is 1. The lowest BCUT2D eigenvalue weighted by molar-refractivity contribution is -0.131. The van der Waals surface area contributed by atoms with Gasteiger partial charge in [0.2, 0.25) is 5.91 Å². The molecule has 2 aliphatic rings. The Hall–Kier alpha value is -1.30. The number of rotatable bonds is 2. The number of carbonyl (C=O) groups excluding carboxylic acids is 1. The predicted molar refractivity (Wildman–Crippen MR) is 42.9 cm³/mol. The normalized spacial score (nSPS) is 37.4. The molecule has 3 nitrogen and oxygen atoms in total. The second kappa shape index (κ2) is 2.10. The van der Waals surface area contributed by atoms with Gasteiger partial charge < -0.3 is 4.90 Å².